The lowest BCUT2D eigenvalue weighted by atomic mass is 10.00. The van der Waals surface area contributed by atoms with Crippen LogP contribution in [0, 0.1) is 12.8 Å². The topological polar surface area (TPSA) is 59.1 Å². The molecule has 3 aromatic rings. The first-order valence-corrected chi connectivity index (χ1v) is 13.2. The number of aryl methyl sites for hydroxylation is 1. The number of fused-ring (bicyclic) bond motifs is 1. The highest BCUT2D eigenvalue weighted by Crippen LogP contribution is 2.35. The van der Waals surface area contributed by atoms with Crippen molar-refractivity contribution >= 4 is 23.2 Å². The number of hydrogen-bond acceptors (Lipinski definition) is 5. The Hall–Kier alpha value is -3.32. The maximum Gasteiger partial charge on any atom is 0.254 e. The summed E-state index contributed by atoms with van der Waals surface area (Å²) in [6.45, 7) is 7.57. The number of amides is 2. The molecular weight excluding hydrogens is 472 g/mol. The number of methoxy groups -OCH3 is 1. The molecule has 1 aromatic heterocycles. The van der Waals surface area contributed by atoms with Crippen LogP contribution in [0.2, 0.25) is 0 Å². The van der Waals surface area contributed by atoms with Gasteiger partial charge in [0, 0.05) is 23.5 Å². The third-order valence-electron chi connectivity index (χ3n) is 6.38. The number of nitrogens with zero attached hydrogens (tertiary/aromatic N) is 2. The van der Waals surface area contributed by atoms with E-state index in [0.29, 0.717) is 36.8 Å². The summed E-state index contributed by atoms with van der Waals surface area (Å²) in [5.41, 5.74) is 2.81. The summed E-state index contributed by atoms with van der Waals surface area (Å²) in [4.78, 5) is 31.9. The second-order valence-corrected chi connectivity index (χ2v) is 10.6. The van der Waals surface area contributed by atoms with Gasteiger partial charge in [-0.25, -0.2) is 0 Å². The van der Waals surface area contributed by atoms with Gasteiger partial charge in [0.2, 0.25) is 5.91 Å². The Morgan fingerprint density at radius 3 is 2.50 bits per heavy atom. The lowest BCUT2D eigenvalue weighted by Crippen LogP contribution is -2.48. The molecule has 0 bridgehead atoms. The van der Waals surface area contributed by atoms with Crippen LogP contribution in [0.25, 0.3) is 0 Å². The lowest BCUT2D eigenvalue weighted by molar-refractivity contribution is -0.135. The molecule has 2 aromatic carbocycles. The van der Waals surface area contributed by atoms with Gasteiger partial charge in [-0.2, -0.15) is 0 Å². The van der Waals surface area contributed by atoms with Gasteiger partial charge in [0.1, 0.15) is 13.2 Å². The van der Waals surface area contributed by atoms with Crippen molar-refractivity contribution in [2.75, 3.05) is 33.4 Å². The zero-order valence-corrected chi connectivity index (χ0v) is 22.2. The third-order valence-corrected chi connectivity index (χ3v) is 7.37. The molecule has 0 saturated heterocycles. The summed E-state index contributed by atoms with van der Waals surface area (Å²) in [6.07, 6.45) is 0.806. The molecule has 1 aliphatic rings. The van der Waals surface area contributed by atoms with Crippen LogP contribution in [-0.2, 0) is 11.2 Å². The fourth-order valence-corrected chi connectivity index (χ4v) is 5.50. The SMILES string of the molecule is COc1ccccc1OC[C@H]1c2ccsc2CCN1C(=O)CN(CC(C)C)C(=O)c1ccc(C)cc1. The number of ether oxygens (including phenoxy) is 2. The molecule has 190 valence electrons. The maximum absolute atomic E-state index is 13.7. The van der Waals surface area contributed by atoms with E-state index in [1.54, 1.807) is 23.3 Å². The van der Waals surface area contributed by atoms with Crippen LogP contribution >= 0.6 is 11.3 Å². The predicted molar refractivity (Wildman–Crippen MR) is 143 cm³/mol. The number of carbonyl (C=O) groups is 2. The first-order valence-electron chi connectivity index (χ1n) is 12.3. The minimum absolute atomic E-state index is 0.0372. The average molecular weight is 507 g/mol. The summed E-state index contributed by atoms with van der Waals surface area (Å²) in [5, 5.41) is 2.07. The van der Waals surface area contributed by atoms with Crippen molar-refractivity contribution in [1.82, 2.24) is 9.80 Å². The zero-order chi connectivity index (χ0) is 25.7. The van der Waals surface area contributed by atoms with Crippen molar-refractivity contribution in [3.63, 3.8) is 0 Å². The van der Waals surface area contributed by atoms with Crippen LogP contribution in [0.5, 0.6) is 11.5 Å². The molecule has 0 saturated carbocycles. The molecule has 0 unspecified atom stereocenters. The predicted octanol–water partition coefficient (Wildman–Crippen LogP) is 5.37. The Labute approximate surface area is 217 Å². The second kappa shape index (κ2) is 11.6. The van der Waals surface area contributed by atoms with Crippen molar-refractivity contribution in [3.8, 4) is 11.5 Å². The average Bonchev–Trinajstić information content (AvgIpc) is 3.36. The Balaban J connectivity index is 1.54. The molecule has 0 radical (unpaired) electrons. The number of hydrogen-bond donors (Lipinski definition) is 0. The summed E-state index contributed by atoms with van der Waals surface area (Å²) >= 11 is 1.72. The molecule has 0 aliphatic carbocycles. The molecule has 0 N–H and O–H groups in total. The number of thiophene rings is 1. The van der Waals surface area contributed by atoms with Crippen LogP contribution in [0.3, 0.4) is 0 Å². The van der Waals surface area contributed by atoms with Crippen LogP contribution in [0.1, 0.15) is 46.3 Å². The number of rotatable bonds is 9. The van der Waals surface area contributed by atoms with E-state index < -0.39 is 0 Å². The standard InChI is InChI=1S/C29H34N2O4S/c1-20(2)17-30(29(33)22-11-9-21(3)10-12-22)18-28(32)31-15-13-27-23(14-16-36-27)24(31)19-35-26-8-6-5-7-25(26)34-4/h5-12,14,16,20,24H,13,15,17-19H2,1-4H3/t24-/m0/s1. The molecule has 6 nitrogen and oxygen atoms in total. The van der Waals surface area contributed by atoms with E-state index in [0.717, 1.165) is 17.5 Å². The summed E-state index contributed by atoms with van der Waals surface area (Å²) < 4.78 is 11.6. The van der Waals surface area contributed by atoms with Crippen molar-refractivity contribution in [1.29, 1.82) is 0 Å². The van der Waals surface area contributed by atoms with E-state index in [9.17, 15) is 9.59 Å². The molecule has 7 heteroatoms. The monoisotopic (exact) mass is 506 g/mol. The van der Waals surface area contributed by atoms with Crippen molar-refractivity contribution in [3.05, 3.63) is 81.5 Å². The van der Waals surface area contributed by atoms with Crippen molar-refractivity contribution in [2.24, 2.45) is 5.92 Å². The van der Waals surface area contributed by atoms with E-state index in [-0.39, 0.29) is 30.3 Å². The summed E-state index contributed by atoms with van der Waals surface area (Å²) in [5.74, 6) is 1.35. The molecule has 2 amide bonds. The van der Waals surface area contributed by atoms with Crippen LogP contribution in [0.4, 0.5) is 0 Å². The van der Waals surface area contributed by atoms with Crippen LogP contribution < -0.4 is 9.47 Å². The van der Waals surface area contributed by atoms with E-state index in [1.165, 1.54) is 4.88 Å². The largest absolute Gasteiger partial charge is 0.493 e. The van der Waals surface area contributed by atoms with E-state index >= 15 is 0 Å². The molecule has 36 heavy (non-hydrogen) atoms. The van der Waals surface area contributed by atoms with Gasteiger partial charge in [-0.15, -0.1) is 11.3 Å². The number of benzene rings is 2. The Morgan fingerprint density at radius 2 is 1.81 bits per heavy atom. The van der Waals surface area contributed by atoms with Gasteiger partial charge >= 0.3 is 0 Å². The van der Waals surface area contributed by atoms with Gasteiger partial charge in [-0.1, -0.05) is 43.7 Å². The first-order chi connectivity index (χ1) is 17.4. The van der Waals surface area contributed by atoms with Gasteiger partial charge in [-0.3, -0.25) is 9.59 Å². The van der Waals surface area contributed by atoms with Crippen LogP contribution in [-0.4, -0.2) is 55.0 Å². The number of para-hydroxylation sites is 2. The van der Waals surface area contributed by atoms with Gasteiger partial charge in [-0.05, 0) is 60.5 Å². The normalized spacial score (nSPS) is 14.9. The second-order valence-electron chi connectivity index (χ2n) is 9.56. The van der Waals surface area contributed by atoms with Gasteiger partial charge in [0.15, 0.2) is 11.5 Å². The van der Waals surface area contributed by atoms with Gasteiger partial charge in [0.25, 0.3) is 5.91 Å². The van der Waals surface area contributed by atoms with E-state index in [1.807, 2.05) is 60.4 Å². The van der Waals surface area contributed by atoms with Crippen molar-refractivity contribution in [2.45, 2.75) is 33.2 Å². The molecule has 4 rings (SSSR count). The molecule has 0 spiro atoms. The Morgan fingerprint density at radius 1 is 1.08 bits per heavy atom. The smallest absolute Gasteiger partial charge is 0.254 e. The van der Waals surface area contributed by atoms with Gasteiger partial charge in [0.05, 0.1) is 13.2 Å². The fourth-order valence-electron chi connectivity index (χ4n) is 4.57. The van der Waals surface area contributed by atoms with E-state index in [2.05, 4.69) is 25.3 Å². The minimum atomic E-state index is -0.229. The maximum atomic E-state index is 13.7. The number of carbonyl (C=O) groups excluding carboxylic acids is 2. The molecular formula is C29H34N2O4S. The zero-order valence-electron chi connectivity index (χ0n) is 21.4. The van der Waals surface area contributed by atoms with E-state index in [4.69, 9.17) is 9.47 Å². The quantitative estimate of drug-likeness (QED) is 0.392. The highest BCUT2D eigenvalue weighted by molar-refractivity contribution is 7.10. The third kappa shape index (κ3) is 5.90. The molecule has 2 heterocycles. The minimum Gasteiger partial charge on any atom is -0.493 e. The molecule has 1 atom stereocenters. The summed E-state index contributed by atoms with van der Waals surface area (Å²) in [6, 6.07) is 16.9. The van der Waals surface area contributed by atoms with Crippen molar-refractivity contribution < 1.29 is 19.1 Å². The Kier molecular flexibility index (Phi) is 8.31. The molecule has 0 fully saturated rings. The summed E-state index contributed by atoms with van der Waals surface area (Å²) in [7, 11) is 1.62. The fraction of sp³-hybridized carbons (Fsp3) is 0.379. The highest BCUT2D eigenvalue weighted by Gasteiger charge is 2.34. The highest BCUT2D eigenvalue weighted by atomic mass is 32.1. The lowest BCUT2D eigenvalue weighted by Gasteiger charge is -2.37. The first kappa shape index (κ1) is 25.8. The van der Waals surface area contributed by atoms with Crippen LogP contribution in [0.15, 0.2) is 60.0 Å². The molecule has 1 aliphatic heterocycles. The van der Waals surface area contributed by atoms with Gasteiger partial charge < -0.3 is 19.3 Å². The Bertz CT molecular complexity index is 1190.